The van der Waals surface area contributed by atoms with Gasteiger partial charge in [0.25, 0.3) is 0 Å². The third-order valence-corrected chi connectivity index (χ3v) is 5.07. The fourth-order valence-corrected chi connectivity index (χ4v) is 4.03. The van der Waals surface area contributed by atoms with Crippen molar-refractivity contribution in [1.29, 1.82) is 0 Å². The Morgan fingerprint density at radius 2 is 1.94 bits per heavy atom. The number of carbonyl (C=O) groups is 1. The third kappa shape index (κ3) is 2.97. The van der Waals surface area contributed by atoms with Gasteiger partial charge in [-0.05, 0) is 18.4 Å². The number of hydrogen-bond acceptors (Lipinski definition) is 3. The zero-order valence-corrected chi connectivity index (χ0v) is 11.0. The molecule has 98 valence electrons. The van der Waals surface area contributed by atoms with E-state index in [0.29, 0.717) is 13.0 Å². The number of carbonyl (C=O) groups excluding carboxylic acids is 1. The Bertz CT molecular complexity index is 498. The second-order valence-electron chi connectivity index (χ2n) is 4.55. The summed E-state index contributed by atoms with van der Waals surface area (Å²) < 4.78 is 25.9. The summed E-state index contributed by atoms with van der Waals surface area (Å²) in [6, 6.07) is 8.59. The smallest absolute Gasteiger partial charge is 0.218 e. The van der Waals surface area contributed by atoms with Crippen LogP contribution in [0, 0.1) is 0 Å². The molecule has 0 N–H and O–H groups in total. The van der Waals surface area contributed by atoms with Gasteiger partial charge in [-0.1, -0.05) is 36.8 Å². The predicted octanol–water partition coefficient (Wildman–Crippen LogP) is 1.57. The van der Waals surface area contributed by atoms with Crippen molar-refractivity contribution >= 4 is 16.3 Å². The molecule has 0 aliphatic carbocycles. The maximum atomic E-state index is 12.3. The van der Waals surface area contributed by atoms with E-state index in [1.54, 1.807) is 12.1 Å². The largest absolute Gasteiger partial charge is 0.302 e. The summed E-state index contributed by atoms with van der Waals surface area (Å²) in [5.74, 6) is -0.0296. The Hall–Kier alpha value is -1.20. The second kappa shape index (κ2) is 5.63. The molecule has 1 aromatic carbocycles. The highest BCUT2D eigenvalue weighted by atomic mass is 32.2. The summed E-state index contributed by atoms with van der Waals surface area (Å²) in [7, 11) is -3.40. The molecule has 1 aliphatic rings. The average Bonchev–Trinajstić information content (AvgIpc) is 2.39. The second-order valence-corrected chi connectivity index (χ2v) is 6.47. The summed E-state index contributed by atoms with van der Waals surface area (Å²) in [4.78, 5) is 11.0. The van der Waals surface area contributed by atoms with Gasteiger partial charge in [-0.15, -0.1) is 0 Å². The van der Waals surface area contributed by atoms with E-state index in [0.717, 1.165) is 24.7 Å². The Balaban J connectivity index is 2.17. The third-order valence-electron chi connectivity index (χ3n) is 3.20. The Labute approximate surface area is 108 Å². The van der Waals surface area contributed by atoms with Crippen LogP contribution in [0.5, 0.6) is 0 Å². The minimum absolute atomic E-state index is 0.0296. The van der Waals surface area contributed by atoms with Crippen LogP contribution in [0.25, 0.3) is 0 Å². The molecule has 4 nitrogen and oxygen atoms in total. The van der Waals surface area contributed by atoms with Gasteiger partial charge in [0.1, 0.15) is 6.29 Å². The SMILES string of the molecule is O=CC1CCCCN1S(=O)(=O)Cc1ccccc1. The molecule has 1 unspecified atom stereocenters. The van der Waals surface area contributed by atoms with Crippen molar-refractivity contribution in [3.8, 4) is 0 Å². The van der Waals surface area contributed by atoms with Crippen molar-refractivity contribution in [3.05, 3.63) is 35.9 Å². The highest BCUT2D eigenvalue weighted by molar-refractivity contribution is 7.88. The van der Waals surface area contributed by atoms with Gasteiger partial charge in [-0.3, -0.25) is 0 Å². The minimum Gasteiger partial charge on any atom is -0.302 e. The molecule has 1 aromatic rings. The van der Waals surface area contributed by atoms with Crippen LogP contribution >= 0.6 is 0 Å². The lowest BCUT2D eigenvalue weighted by Gasteiger charge is -2.31. The summed E-state index contributed by atoms with van der Waals surface area (Å²) in [5, 5.41) is 0. The van der Waals surface area contributed by atoms with Crippen molar-refractivity contribution < 1.29 is 13.2 Å². The van der Waals surface area contributed by atoms with Crippen LogP contribution in [-0.4, -0.2) is 31.6 Å². The maximum absolute atomic E-state index is 12.3. The lowest BCUT2D eigenvalue weighted by Crippen LogP contribution is -2.44. The molecule has 1 fully saturated rings. The van der Waals surface area contributed by atoms with E-state index in [-0.39, 0.29) is 5.75 Å². The van der Waals surface area contributed by atoms with Gasteiger partial charge < -0.3 is 4.79 Å². The van der Waals surface area contributed by atoms with Gasteiger partial charge >= 0.3 is 0 Å². The van der Waals surface area contributed by atoms with Crippen LogP contribution in [0.4, 0.5) is 0 Å². The predicted molar refractivity (Wildman–Crippen MR) is 69.5 cm³/mol. The van der Waals surface area contributed by atoms with Crippen LogP contribution in [0.2, 0.25) is 0 Å². The molecule has 1 atom stereocenters. The topological polar surface area (TPSA) is 54.5 Å². The Kier molecular flexibility index (Phi) is 4.14. The number of hydrogen-bond donors (Lipinski definition) is 0. The number of sulfonamides is 1. The van der Waals surface area contributed by atoms with E-state index in [1.165, 1.54) is 4.31 Å². The zero-order chi connectivity index (χ0) is 13.0. The van der Waals surface area contributed by atoms with Gasteiger partial charge in [0.15, 0.2) is 0 Å². The average molecular weight is 267 g/mol. The number of nitrogens with zero attached hydrogens (tertiary/aromatic N) is 1. The van der Waals surface area contributed by atoms with Crippen LogP contribution in [0.3, 0.4) is 0 Å². The lowest BCUT2D eigenvalue weighted by molar-refractivity contribution is -0.111. The Morgan fingerprint density at radius 3 is 2.61 bits per heavy atom. The highest BCUT2D eigenvalue weighted by Gasteiger charge is 2.31. The number of benzene rings is 1. The van der Waals surface area contributed by atoms with Crippen LogP contribution in [-0.2, 0) is 20.6 Å². The first-order chi connectivity index (χ1) is 8.63. The fourth-order valence-electron chi connectivity index (χ4n) is 2.28. The number of rotatable bonds is 4. The zero-order valence-electron chi connectivity index (χ0n) is 10.2. The Morgan fingerprint density at radius 1 is 1.22 bits per heavy atom. The first-order valence-corrected chi connectivity index (χ1v) is 7.73. The minimum atomic E-state index is -3.40. The lowest BCUT2D eigenvalue weighted by atomic mass is 10.1. The van der Waals surface area contributed by atoms with Gasteiger partial charge in [-0.2, -0.15) is 4.31 Å². The highest BCUT2D eigenvalue weighted by Crippen LogP contribution is 2.21. The molecule has 1 heterocycles. The monoisotopic (exact) mass is 267 g/mol. The van der Waals surface area contributed by atoms with E-state index >= 15 is 0 Å². The van der Waals surface area contributed by atoms with Crippen molar-refractivity contribution in [2.75, 3.05) is 6.54 Å². The van der Waals surface area contributed by atoms with E-state index in [1.807, 2.05) is 18.2 Å². The van der Waals surface area contributed by atoms with Gasteiger partial charge in [0, 0.05) is 6.54 Å². The molecule has 1 aliphatic heterocycles. The standard InChI is InChI=1S/C13H17NO3S/c15-10-13-8-4-5-9-14(13)18(16,17)11-12-6-2-1-3-7-12/h1-3,6-7,10,13H,4-5,8-9,11H2. The van der Waals surface area contributed by atoms with E-state index in [9.17, 15) is 13.2 Å². The van der Waals surface area contributed by atoms with Crippen molar-refractivity contribution in [3.63, 3.8) is 0 Å². The summed E-state index contributed by atoms with van der Waals surface area (Å²) in [6.45, 7) is 0.457. The number of piperidine rings is 1. The van der Waals surface area contributed by atoms with Gasteiger partial charge in [0.05, 0.1) is 11.8 Å². The van der Waals surface area contributed by atoms with Gasteiger partial charge in [-0.25, -0.2) is 8.42 Å². The molecule has 5 heteroatoms. The normalized spacial score (nSPS) is 21.7. The molecule has 2 rings (SSSR count). The molecule has 0 aromatic heterocycles. The molecule has 0 radical (unpaired) electrons. The van der Waals surface area contributed by atoms with Crippen LogP contribution < -0.4 is 0 Å². The quantitative estimate of drug-likeness (QED) is 0.778. The summed E-state index contributed by atoms with van der Waals surface area (Å²) in [5.41, 5.74) is 0.757. The van der Waals surface area contributed by atoms with E-state index in [2.05, 4.69) is 0 Å². The summed E-state index contributed by atoms with van der Waals surface area (Å²) >= 11 is 0. The van der Waals surface area contributed by atoms with Crippen LogP contribution in [0.1, 0.15) is 24.8 Å². The molecule has 0 amide bonds. The molecular weight excluding hydrogens is 250 g/mol. The maximum Gasteiger partial charge on any atom is 0.218 e. The van der Waals surface area contributed by atoms with Crippen molar-refractivity contribution in [1.82, 2.24) is 4.31 Å². The molecule has 0 spiro atoms. The molecule has 18 heavy (non-hydrogen) atoms. The fraction of sp³-hybridized carbons (Fsp3) is 0.462. The number of aldehydes is 1. The van der Waals surface area contributed by atoms with Crippen LogP contribution in [0.15, 0.2) is 30.3 Å². The van der Waals surface area contributed by atoms with Crippen molar-refractivity contribution in [2.24, 2.45) is 0 Å². The van der Waals surface area contributed by atoms with E-state index in [4.69, 9.17) is 0 Å². The first kappa shape index (κ1) is 13.2. The van der Waals surface area contributed by atoms with Crippen molar-refractivity contribution in [2.45, 2.75) is 31.1 Å². The van der Waals surface area contributed by atoms with Gasteiger partial charge in [0.2, 0.25) is 10.0 Å². The molecular formula is C13H17NO3S. The molecule has 1 saturated heterocycles. The van der Waals surface area contributed by atoms with E-state index < -0.39 is 16.1 Å². The molecule has 0 saturated carbocycles. The first-order valence-electron chi connectivity index (χ1n) is 6.12. The molecule has 0 bridgehead atoms. The summed E-state index contributed by atoms with van der Waals surface area (Å²) in [6.07, 6.45) is 3.14.